The molecule has 0 radical (unpaired) electrons. The maximum absolute atomic E-state index is 13.6. The number of likely N-dealkylation sites (N-methyl/N-ethyl adjacent to an activating group) is 2. The van der Waals surface area contributed by atoms with Crippen LogP contribution in [0.2, 0.25) is 0 Å². The Labute approximate surface area is 351 Å². The van der Waals surface area contributed by atoms with E-state index >= 15 is 0 Å². The number of hydrogen-bond donors (Lipinski definition) is 4. The molecule has 17 nitrogen and oxygen atoms in total. The van der Waals surface area contributed by atoms with Gasteiger partial charge >= 0.3 is 18.2 Å². The molecule has 0 heterocycles. The number of ether oxygens (including phenoxy) is 3. The average molecular weight is 855 g/mol. The molecule has 0 saturated heterocycles. The van der Waals surface area contributed by atoms with E-state index in [1.54, 1.807) is 59.1 Å². The molecule has 0 aliphatic rings. The number of hydrogen-bond acceptors (Lipinski definition) is 11. The zero-order valence-corrected chi connectivity index (χ0v) is 37.6. The molecule has 18 heteroatoms. The minimum Gasteiger partial charge on any atom is -0.445 e. The Balaban J connectivity index is 2.75. The minimum absolute atomic E-state index is 0.0117. The third-order valence-electron chi connectivity index (χ3n) is 9.03. The van der Waals surface area contributed by atoms with E-state index in [0.29, 0.717) is 24.0 Å². The van der Waals surface area contributed by atoms with Crippen LogP contribution in [0.25, 0.3) is 0 Å². The number of urea groups is 1. The molecule has 0 bridgehead atoms. The van der Waals surface area contributed by atoms with Crippen LogP contribution in [0.3, 0.4) is 0 Å². The zero-order chi connectivity index (χ0) is 45.0. The number of nitrogens with zero attached hydrogens (tertiary/aromatic N) is 2. The fourth-order valence-electron chi connectivity index (χ4n) is 5.31. The molecule has 59 heavy (non-hydrogen) atoms. The molecule has 1 rings (SSSR count). The third-order valence-corrected chi connectivity index (χ3v) is 10.4. The molecule has 5 amide bonds. The Morgan fingerprint density at radius 2 is 1.44 bits per heavy atom. The van der Waals surface area contributed by atoms with Gasteiger partial charge in [-0.3, -0.25) is 14.4 Å². The first-order chi connectivity index (χ1) is 27.3. The van der Waals surface area contributed by atoms with Crippen LogP contribution in [0, 0.1) is 17.3 Å². The van der Waals surface area contributed by atoms with Gasteiger partial charge in [0.2, 0.25) is 15.9 Å². The van der Waals surface area contributed by atoms with E-state index in [4.69, 9.17) is 19.9 Å². The molecule has 0 aromatic heterocycles. The Bertz CT molecular complexity index is 1620. The summed E-state index contributed by atoms with van der Waals surface area (Å²) >= 11 is 0. The second kappa shape index (κ2) is 25.4. The SMILES string of the molecule is CC(C)[C@H](CC(=O)CCOCCNS(=O)(=O)CCC(C)(C)C)C(=O)N[C@@H](CCCNC(N)=O)C(=O)Cc1ccc(COC(=O)N(C)CCN(C)C(=O)OC(C)(C)C)cc1. The van der Waals surface area contributed by atoms with Crippen molar-refractivity contribution in [1.82, 2.24) is 25.2 Å². The number of ketones is 2. The number of carbonyl (C=O) groups excluding carboxylic acids is 6. The van der Waals surface area contributed by atoms with E-state index in [-0.39, 0.29) is 100 Å². The molecular weight excluding hydrogens is 785 g/mol. The molecule has 5 N–H and O–H groups in total. The van der Waals surface area contributed by atoms with Gasteiger partial charge in [-0.05, 0) is 62.5 Å². The molecular formula is C41H70N6O11S. The van der Waals surface area contributed by atoms with Crippen LogP contribution in [0.15, 0.2) is 24.3 Å². The Morgan fingerprint density at radius 1 is 0.847 bits per heavy atom. The minimum atomic E-state index is -3.43. The fraction of sp³-hybridized carbons (Fsp3) is 0.707. The summed E-state index contributed by atoms with van der Waals surface area (Å²) in [7, 11) is -0.290. The Kier molecular flexibility index (Phi) is 22.7. The predicted octanol–water partition coefficient (Wildman–Crippen LogP) is 4.16. The number of amides is 5. The van der Waals surface area contributed by atoms with Crippen molar-refractivity contribution in [3.8, 4) is 0 Å². The summed E-state index contributed by atoms with van der Waals surface area (Å²) in [5.74, 6) is -1.86. The quantitative estimate of drug-likeness (QED) is 0.0967. The highest BCUT2D eigenvalue weighted by atomic mass is 32.2. The summed E-state index contributed by atoms with van der Waals surface area (Å²) in [6.45, 7) is 15.7. The number of primary amides is 1. The lowest BCUT2D eigenvalue weighted by molar-refractivity contribution is -0.133. The van der Waals surface area contributed by atoms with E-state index in [9.17, 15) is 37.2 Å². The highest BCUT2D eigenvalue weighted by Gasteiger charge is 2.29. The monoisotopic (exact) mass is 854 g/mol. The van der Waals surface area contributed by atoms with Crippen molar-refractivity contribution in [1.29, 1.82) is 0 Å². The van der Waals surface area contributed by atoms with Crippen molar-refractivity contribution in [2.24, 2.45) is 23.0 Å². The van der Waals surface area contributed by atoms with Crippen molar-refractivity contribution in [3.63, 3.8) is 0 Å². The van der Waals surface area contributed by atoms with Gasteiger partial charge in [0.05, 0.1) is 25.0 Å². The van der Waals surface area contributed by atoms with Crippen molar-refractivity contribution < 1.29 is 51.4 Å². The molecule has 1 aromatic rings. The molecule has 2 atom stereocenters. The molecule has 336 valence electrons. The maximum Gasteiger partial charge on any atom is 0.410 e. The molecule has 0 fully saturated rings. The predicted molar refractivity (Wildman–Crippen MR) is 225 cm³/mol. The van der Waals surface area contributed by atoms with Gasteiger partial charge < -0.3 is 40.4 Å². The van der Waals surface area contributed by atoms with Crippen LogP contribution < -0.4 is 21.1 Å². The summed E-state index contributed by atoms with van der Waals surface area (Å²) in [5, 5.41) is 5.33. The first-order valence-corrected chi connectivity index (χ1v) is 21.8. The van der Waals surface area contributed by atoms with Gasteiger partial charge in [-0.25, -0.2) is 27.5 Å². The van der Waals surface area contributed by atoms with Crippen LogP contribution >= 0.6 is 0 Å². The van der Waals surface area contributed by atoms with Crippen LogP contribution in [0.4, 0.5) is 14.4 Å². The van der Waals surface area contributed by atoms with Gasteiger partial charge in [-0.1, -0.05) is 58.9 Å². The van der Waals surface area contributed by atoms with Gasteiger partial charge in [0.15, 0.2) is 5.78 Å². The lowest BCUT2D eigenvalue weighted by atomic mass is 9.88. The second-order valence-electron chi connectivity index (χ2n) is 17.3. The lowest BCUT2D eigenvalue weighted by Gasteiger charge is -2.26. The van der Waals surface area contributed by atoms with Gasteiger partial charge in [-0.15, -0.1) is 0 Å². The number of rotatable bonds is 26. The molecule has 0 aliphatic heterocycles. The topological polar surface area (TPSA) is 233 Å². The number of sulfonamides is 1. The van der Waals surface area contributed by atoms with Gasteiger partial charge in [0.25, 0.3) is 0 Å². The van der Waals surface area contributed by atoms with Crippen molar-refractivity contribution in [2.75, 3.05) is 59.2 Å². The zero-order valence-electron chi connectivity index (χ0n) is 36.8. The summed E-state index contributed by atoms with van der Waals surface area (Å²) in [4.78, 5) is 78.7. The largest absolute Gasteiger partial charge is 0.445 e. The van der Waals surface area contributed by atoms with Crippen molar-refractivity contribution in [3.05, 3.63) is 35.4 Å². The average Bonchev–Trinajstić information content (AvgIpc) is 3.12. The van der Waals surface area contributed by atoms with Crippen LogP contribution in [0.5, 0.6) is 0 Å². The van der Waals surface area contributed by atoms with E-state index in [1.165, 1.54) is 9.80 Å². The molecule has 0 unspecified atom stereocenters. The summed E-state index contributed by atoms with van der Waals surface area (Å²) in [5.41, 5.74) is 5.78. The van der Waals surface area contributed by atoms with E-state index < -0.39 is 51.7 Å². The lowest BCUT2D eigenvalue weighted by Crippen LogP contribution is -2.46. The van der Waals surface area contributed by atoms with Crippen molar-refractivity contribution >= 4 is 45.7 Å². The Morgan fingerprint density at radius 3 is 2.00 bits per heavy atom. The van der Waals surface area contributed by atoms with Gasteiger partial charge in [0.1, 0.15) is 18.0 Å². The number of nitrogens with two attached hydrogens (primary N) is 1. The maximum atomic E-state index is 13.6. The fourth-order valence-corrected chi connectivity index (χ4v) is 6.73. The first-order valence-electron chi connectivity index (χ1n) is 20.1. The number of Topliss-reactive ketones (excluding diaryl/α,β-unsaturated/α-hetero) is 2. The van der Waals surface area contributed by atoms with Gasteiger partial charge in [0, 0.05) is 65.5 Å². The third kappa shape index (κ3) is 24.4. The number of carbonyl (C=O) groups is 6. The van der Waals surface area contributed by atoms with Crippen LogP contribution in [-0.4, -0.2) is 125 Å². The number of benzene rings is 1. The molecule has 0 spiro atoms. The molecule has 0 aliphatic carbocycles. The van der Waals surface area contributed by atoms with E-state index in [1.807, 2.05) is 34.6 Å². The summed E-state index contributed by atoms with van der Waals surface area (Å²) in [6.07, 6.45) is -0.0434. The highest BCUT2D eigenvalue weighted by Crippen LogP contribution is 2.20. The van der Waals surface area contributed by atoms with E-state index in [0.717, 1.165) is 0 Å². The molecule has 0 saturated carbocycles. The van der Waals surface area contributed by atoms with Crippen molar-refractivity contribution in [2.45, 2.75) is 112 Å². The second-order valence-corrected chi connectivity index (χ2v) is 19.2. The Hall–Kier alpha value is -4.29. The van der Waals surface area contributed by atoms with Crippen LogP contribution in [-0.2, 0) is 51.6 Å². The number of nitrogens with one attached hydrogen (secondary N) is 3. The first kappa shape index (κ1) is 52.7. The van der Waals surface area contributed by atoms with E-state index in [2.05, 4.69) is 15.4 Å². The standard InChI is InChI=1S/C41H70N6O11S/c1-29(2)33(27-32(48)17-23-56-24-20-44-59(54,55)25-18-40(3,4)5)36(50)45-34(12-11-19-43-37(42)51)35(49)26-30-13-15-31(16-14-30)28-57-38(52)46(9)21-22-47(10)39(53)58-41(6,7)8/h13-16,29,33-34,44H,11-12,17-28H2,1-10H3,(H,45,50)(H3,42,43,51)/t33-,34-/m0/s1. The highest BCUT2D eigenvalue weighted by molar-refractivity contribution is 7.89. The normalized spacial score (nSPS) is 12.9. The summed E-state index contributed by atoms with van der Waals surface area (Å²) < 4.78 is 43.1. The van der Waals surface area contributed by atoms with Gasteiger partial charge in [-0.2, -0.15) is 0 Å². The summed E-state index contributed by atoms with van der Waals surface area (Å²) in [6, 6.07) is 5.30. The molecule has 1 aromatic carbocycles. The van der Waals surface area contributed by atoms with Crippen LogP contribution in [0.1, 0.15) is 98.6 Å². The smallest absolute Gasteiger partial charge is 0.410 e.